The Kier molecular flexibility index (Phi) is 4.72. The number of para-hydroxylation sites is 1. The van der Waals surface area contributed by atoms with Crippen molar-refractivity contribution in [3.8, 4) is 6.07 Å². The van der Waals surface area contributed by atoms with E-state index in [1.54, 1.807) is 11.1 Å². The van der Waals surface area contributed by atoms with Crippen LogP contribution in [-0.4, -0.2) is 31.0 Å². The van der Waals surface area contributed by atoms with Crippen LogP contribution in [-0.2, 0) is 4.79 Å². The van der Waals surface area contributed by atoms with Gasteiger partial charge in [0, 0.05) is 25.2 Å². The Bertz CT molecular complexity index is 690. The van der Waals surface area contributed by atoms with Gasteiger partial charge in [0.1, 0.15) is 6.07 Å². The Balaban J connectivity index is 2.35. The first-order valence-electron chi connectivity index (χ1n) is 6.93. The number of nitrogens with zero attached hydrogens (tertiary/aromatic N) is 3. The van der Waals surface area contributed by atoms with Crippen LogP contribution in [0.25, 0.3) is 10.9 Å². The molecule has 0 fully saturated rings. The fourth-order valence-electron chi connectivity index (χ4n) is 2.23. The Morgan fingerprint density at radius 1 is 1.43 bits per heavy atom. The molecule has 1 N–H and O–H groups in total. The number of carbonyl (C=O) groups is 1. The van der Waals surface area contributed by atoms with Gasteiger partial charge in [-0.2, -0.15) is 5.26 Å². The van der Waals surface area contributed by atoms with Gasteiger partial charge in [-0.05, 0) is 12.5 Å². The SMILES string of the molecule is CCCNC(=O)CN(C)c1c(C#N)cnc2ccccc12. The molecule has 0 bridgehead atoms. The molecule has 5 nitrogen and oxygen atoms in total. The summed E-state index contributed by atoms with van der Waals surface area (Å²) in [5.74, 6) is -0.0517. The van der Waals surface area contributed by atoms with E-state index in [0.717, 1.165) is 23.0 Å². The Labute approximate surface area is 124 Å². The highest BCUT2D eigenvalue weighted by Gasteiger charge is 2.15. The molecule has 108 valence electrons. The molecule has 1 aromatic heterocycles. The molecule has 0 saturated heterocycles. The van der Waals surface area contributed by atoms with Crippen molar-refractivity contribution in [2.45, 2.75) is 13.3 Å². The molecule has 0 radical (unpaired) electrons. The monoisotopic (exact) mass is 282 g/mol. The van der Waals surface area contributed by atoms with Crippen molar-refractivity contribution < 1.29 is 4.79 Å². The second-order valence-corrected chi connectivity index (χ2v) is 4.86. The van der Waals surface area contributed by atoms with Gasteiger partial charge in [-0.1, -0.05) is 25.1 Å². The van der Waals surface area contributed by atoms with Crippen LogP contribution in [0.3, 0.4) is 0 Å². The Hall–Kier alpha value is -2.61. The van der Waals surface area contributed by atoms with Gasteiger partial charge in [0.15, 0.2) is 0 Å². The molecule has 1 amide bonds. The van der Waals surface area contributed by atoms with Crippen molar-refractivity contribution >= 4 is 22.5 Å². The first-order chi connectivity index (χ1) is 10.2. The van der Waals surface area contributed by atoms with Crippen LogP contribution < -0.4 is 10.2 Å². The number of hydrogen-bond donors (Lipinski definition) is 1. The number of amides is 1. The molecule has 2 aromatic rings. The number of nitrogens with one attached hydrogen (secondary N) is 1. The van der Waals surface area contributed by atoms with Crippen molar-refractivity contribution in [1.82, 2.24) is 10.3 Å². The average Bonchev–Trinajstić information content (AvgIpc) is 2.51. The first kappa shape index (κ1) is 14.8. The van der Waals surface area contributed by atoms with E-state index in [0.29, 0.717) is 12.1 Å². The lowest BCUT2D eigenvalue weighted by Crippen LogP contribution is -2.35. The number of pyridine rings is 1. The minimum atomic E-state index is -0.0517. The van der Waals surface area contributed by atoms with Crippen molar-refractivity contribution in [2.75, 3.05) is 25.0 Å². The molecule has 21 heavy (non-hydrogen) atoms. The van der Waals surface area contributed by atoms with E-state index in [-0.39, 0.29) is 12.5 Å². The summed E-state index contributed by atoms with van der Waals surface area (Å²) >= 11 is 0. The van der Waals surface area contributed by atoms with Gasteiger partial charge in [-0.3, -0.25) is 9.78 Å². The number of nitriles is 1. The average molecular weight is 282 g/mol. The lowest BCUT2D eigenvalue weighted by atomic mass is 10.1. The van der Waals surface area contributed by atoms with Crippen LogP contribution in [0.5, 0.6) is 0 Å². The summed E-state index contributed by atoms with van der Waals surface area (Å²) in [6.45, 7) is 2.88. The number of benzene rings is 1. The van der Waals surface area contributed by atoms with Crippen LogP contribution in [0, 0.1) is 11.3 Å². The highest BCUT2D eigenvalue weighted by atomic mass is 16.2. The van der Waals surface area contributed by atoms with E-state index >= 15 is 0 Å². The lowest BCUT2D eigenvalue weighted by Gasteiger charge is -2.21. The minimum absolute atomic E-state index is 0.0517. The first-order valence-corrected chi connectivity index (χ1v) is 6.93. The molecule has 0 aliphatic rings. The van der Waals surface area contributed by atoms with Gasteiger partial charge >= 0.3 is 0 Å². The molecule has 0 atom stereocenters. The highest BCUT2D eigenvalue weighted by Crippen LogP contribution is 2.28. The summed E-state index contributed by atoms with van der Waals surface area (Å²) in [4.78, 5) is 17.9. The molecule has 0 aliphatic heterocycles. The topological polar surface area (TPSA) is 69.0 Å². The molecular weight excluding hydrogens is 264 g/mol. The number of carbonyl (C=O) groups excluding carboxylic acids is 1. The number of hydrogen-bond acceptors (Lipinski definition) is 4. The molecule has 0 spiro atoms. The van der Waals surface area contributed by atoms with E-state index in [1.807, 2.05) is 38.2 Å². The third kappa shape index (κ3) is 3.29. The molecule has 0 unspecified atom stereocenters. The lowest BCUT2D eigenvalue weighted by molar-refractivity contribution is -0.119. The predicted octanol–water partition coefficient (Wildman–Crippen LogP) is 2.07. The Morgan fingerprint density at radius 3 is 2.90 bits per heavy atom. The van der Waals surface area contributed by atoms with E-state index in [2.05, 4.69) is 16.4 Å². The van der Waals surface area contributed by atoms with Gasteiger partial charge in [0.2, 0.25) is 5.91 Å². The zero-order valence-corrected chi connectivity index (χ0v) is 12.3. The van der Waals surface area contributed by atoms with Crippen LogP contribution in [0.2, 0.25) is 0 Å². The molecule has 2 rings (SSSR count). The zero-order chi connectivity index (χ0) is 15.2. The van der Waals surface area contributed by atoms with E-state index in [9.17, 15) is 10.1 Å². The van der Waals surface area contributed by atoms with E-state index in [1.165, 1.54) is 0 Å². The van der Waals surface area contributed by atoms with Gasteiger partial charge in [-0.15, -0.1) is 0 Å². The maximum absolute atomic E-state index is 11.9. The maximum Gasteiger partial charge on any atom is 0.239 e. The molecule has 1 aromatic carbocycles. The van der Waals surface area contributed by atoms with E-state index < -0.39 is 0 Å². The number of likely N-dealkylation sites (N-methyl/N-ethyl adjacent to an activating group) is 1. The summed E-state index contributed by atoms with van der Waals surface area (Å²) in [7, 11) is 1.81. The van der Waals surface area contributed by atoms with Gasteiger partial charge in [0.25, 0.3) is 0 Å². The third-order valence-electron chi connectivity index (χ3n) is 3.20. The van der Waals surface area contributed by atoms with Gasteiger partial charge < -0.3 is 10.2 Å². The minimum Gasteiger partial charge on any atom is -0.364 e. The smallest absolute Gasteiger partial charge is 0.239 e. The van der Waals surface area contributed by atoms with Crippen molar-refractivity contribution in [3.05, 3.63) is 36.0 Å². The number of fused-ring (bicyclic) bond motifs is 1. The largest absolute Gasteiger partial charge is 0.364 e. The molecular formula is C16H18N4O. The van der Waals surface area contributed by atoms with Gasteiger partial charge in [0.05, 0.1) is 23.3 Å². The summed E-state index contributed by atoms with van der Waals surface area (Å²) in [5, 5.41) is 13.0. The molecule has 0 aliphatic carbocycles. The standard InChI is InChI=1S/C16H18N4O/c1-3-8-18-15(21)11-20(2)16-12(9-17)10-19-14-7-5-4-6-13(14)16/h4-7,10H,3,8,11H2,1-2H3,(H,18,21). The zero-order valence-electron chi connectivity index (χ0n) is 12.3. The fraction of sp³-hybridized carbons (Fsp3) is 0.312. The van der Waals surface area contributed by atoms with Crippen LogP contribution in [0.1, 0.15) is 18.9 Å². The van der Waals surface area contributed by atoms with Crippen molar-refractivity contribution in [1.29, 1.82) is 5.26 Å². The summed E-state index contributed by atoms with van der Waals surface area (Å²) in [6, 6.07) is 9.76. The second kappa shape index (κ2) is 6.71. The normalized spacial score (nSPS) is 10.1. The summed E-state index contributed by atoms with van der Waals surface area (Å²) in [5.41, 5.74) is 2.03. The fourth-order valence-corrected chi connectivity index (χ4v) is 2.23. The summed E-state index contributed by atoms with van der Waals surface area (Å²) < 4.78 is 0. The quantitative estimate of drug-likeness (QED) is 0.911. The summed E-state index contributed by atoms with van der Waals surface area (Å²) in [6.07, 6.45) is 2.45. The molecule has 0 saturated carbocycles. The van der Waals surface area contributed by atoms with Crippen molar-refractivity contribution in [3.63, 3.8) is 0 Å². The predicted molar refractivity (Wildman–Crippen MR) is 83.0 cm³/mol. The number of rotatable bonds is 5. The Morgan fingerprint density at radius 2 is 2.19 bits per heavy atom. The molecule has 1 heterocycles. The molecule has 5 heteroatoms. The van der Waals surface area contributed by atoms with Gasteiger partial charge in [-0.25, -0.2) is 0 Å². The van der Waals surface area contributed by atoms with E-state index in [4.69, 9.17) is 0 Å². The van der Waals surface area contributed by atoms with Crippen LogP contribution in [0.15, 0.2) is 30.5 Å². The third-order valence-corrected chi connectivity index (χ3v) is 3.20. The number of anilines is 1. The number of aromatic nitrogens is 1. The maximum atomic E-state index is 11.9. The second-order valence-electron chi connectivity index (χ2n) is 4.86. The highest BCUT2D eigenvalue weighted by molar-refractivity contribution is 5.96. The van der Waals surface area contributed by atoms with Crippen molar-refractivity contribution in [2.24, 2.45) is 0 Å². The van der Waals surface area contributed by atoms with Crippen LogP contribution >= 0.6 is 0 Å². The van der Waals surface area contributed by atoms with Crippen LogP contribution in [0.4, 0.5) is 5.69 Å².